The van der Waals surface area contributed by atoms with Crippen LogP contribution in [0.5, 0.6) is 0 Å². The zero-order chi connectivity index (χ0) is 18.9. The molecule has 0 spiro atoms. The summed E-state index contributed by atoms with van der Waals surface area (Å²) in [6.45, 7) is 17.3. The Hall–Kier alpha value is -1.08. The first-order valence-electron chi connectivity index (χ1n) is 10.6. The minimum atomic E-state index is 0.529. The predicted molar refractivity (Wildman–Crippen MR) is 115 cm³/mol. The third-order valence-corrected chi connectivity index (χ3v) is 4.71. The van der Waals surface area contributed by atoms with Gasteiger partial charge in [-0.3, -0.25) is 4.90 Å². The molecule has 0 saturated carbocycles. The fraction of sp³-hybridized carbons (Fsp3) is 0.667. The van der Waals surface area contributed by atoms with E-state index in [9.17, 15) is 0 Å². The largest absolute Gasteiger partial charge is 0.292 e. The van der Waals surface area contributed by atoms with Crippen molar-refractivity contribution in [3.63, 3.8) is 0 Å². The van der Waals surface area contributed by atoms with Gasteiger partial charge in [-0.15, -0.1) is 6.58 Å². The van der Waals surface area contributed by atoms with Crippen LogP contribution in [-0.4, -0.2) is 17.5 Å². The summed E-state index contributed by atoms with van der Waals surface area (Å²) in [5.74, 6) is 0. The van der Waals surface area contributed by atoms with E-state index in [1.54, 1.807) is 0 Å². The van der Waals surface area contributed by atoms with Crippen molar-refractivity contribution in [1.29, 1.82) is 0 Å². The summed E-state index contributed by atoms with van der Waals surface area (Å²) in [5.41, 5.74) is 3.01. The predicted octanol–water partition coefficient (Wildman–Crippen LogP) is 7.40. The maximum Gasteiger partial charge on any atom is 0.0319 e. The van der Waals surface area contributed by atoms with E-state index < -0.39 is 0 Å². The third kappa shape index (κ3) is 10.5. The van der Waals surface area contributed by atoms with E-state index in [-0.39, 0.29) is 0 Å². The van der Waals surface area contributed by atoms with Crippen molar-refractivity contribution < 1.29 is 0 Å². The van der Waals surface area contributed by atoms with Gasteiger partial charge in [-0.1, -0.05) is 103 Å². The number of fused-ring (bicyclic) bond motifs is 1. The standard InChI is InChI=1S/C16H23N.2C4H10/c1-3-5-8-11-17-13-15-10-7-6-9-14(15)12-16(17)4-2;2*1-3-4-2/h4,6-7,9-10,16H,2-3,5,8,11-13H2,1H3;2*3-4H2,1-2H3. The Morgan fingerprint density at radius 1 is 0.880 bits per heavy atom. The molecule has 0 fully saturated rings. The Morgan fingerprint density at radius 3 is 1.92 bits per heavy atom. The van der Waals surface area contributed by atoms with E-state index >= 15 is 0 Å². The van der Waals surface area contributed by atoms with Gasteiger partial charge in [-0.2, -0.15) is 0 Å². The second-order valence-electron chi connectivity index (χ2n) is 6.95. The van der Waals surface area contributed by atoms with Gasteiger partial charge < -0.3 is 0 Å². The van der Waals surface area contributed by atoms with Gasteiger partial charge in [0.2, 0.25) is 0 Å². The third-order valence-electron chi connectivity index (χ3n) is 4.71. The highest BCUT2D eigenvalue weighted by atomic mass is 15.2. The molecule has 1 aliphatic heterocycles. The zero-order valence-electron chi connectivity index (χ0n) is 17.7. The van der Waals surface area contributed by atoms with Gasteiger partial charge in [0.1, 0.15) is 0 Å². The molecule has 1 aliphatic rings. The zero-order valence-corrected chi connectivity index (χ0v) is 17.7. The molecule has 1 atom stereocenters. The van der Waals surface area contributed by atoms with Gasteiger partial charge in [0.25, 0.3) is 0 Å². The maximum atomic E-state index is 3.99. The maximum absolute atomic E-state index is 3.99. The second-order valence-corrected chi connectivity index (χ2v) is 6.95. The number of hydrogen-bond donors (Lipinski definition) is 0. The van der Waals surface area contributed by atoms with E-state index in [0.717, 1.165) is 13.0 Å². The lowest BCUT2D eigenvalue weighted by Crippen LogP contribution is -2.39. The topological polar surface area (TPSA) is 3.24 Å². The van der Waals surface area contributed by atoms with Crippen molar-refractivity contribution in [2.45, 2.75) is 98.6 Å². The number of hydrogen-bond acceptors (Lipinski definition) is 1. The van der Waals surface area contributed by atoms with Crippen LogP contribution in [0.4, 0.5) is 0 Å². The Morgan fingerprint density at radius 2 is 1.44 bits per heavy atom. The first-order chi connectivity index (χ1) is 12.2. The van der Waals surface area contributed by atoms with E-state index in [0.29, 0.717) is 6.04 Å². The lowest BCUT2D eigenvalue weighted by molar-refractivity contribution is 0.200. The molecule has 1 nitrogen and oxygen atoms in total. The number of rotatable bonds is 7. The van der Waals surface area contributed by atoms with Gasteiger partial charge in [-0.05, 0) is 30.5 Å². The molecule has 1 heteroatoms. The molecule has 0 aliphatic carbocycles. The average molecular weight is 346 g/mol. The van der Waals surface area contributed by atoms with E-state index in [1.165, 1.54) is 62.6 Å². The van der Waals surface area contributed by atoms with Gasteiger partial charge in [-0.25, -0.2) is 0 Å². The minimum Gasteiger partial charge on any atom is -0.292 e. The highest BCUT2D eigenvalue weighted by Gasteiger charge is 2.22. The Bertz CT molecular complexity index is 416. The molecule has 2 rings (SSSR count). The number of unbranched alkanes of at least 4 members (excludes halogenated alkanes) is 4. The van der Waals surface area contributed by atoms with Crippen LogP contribution >= 0.6 is 0 Å². The summed E-state index contributed by atoms with van der Waals surface area (Å²) in [5, 5.41) is 0. The minimum absolute atomic E-state index is 0.529. The first-order valence-corrected chi connectivity index (χ1v) is 10.6. The van der Waals surface area contributed by atoms with Crippen LogP contribution in [-0.2, 0) is 13.0 Å². The molecular weight excluding hydrogens is 302 g/mol. The van der Waals surface area contributed by atoms with Crippen LogP contribution in [0.15, 0.2) is 36.9 Å². The summed E-state index contributed by atoms with van der Waals surface area (Å²) < 4.78 is 0. The molecule has 0 N–H and O–H groups in total. The van der Waals surface area contributed by atoms with Crippen molar-refractivity contribution in [2.24, 2.45) is 0 Å². The monoisotopic (exact) mass is 345 g/mol. The van der Waals surface area contributed by atoms with Crippen molar-refractivity contribution in [2.75, 3.05) is 6.54 Å². The average Bonchev–Trinajstić information content (AvgIpc) is 2.68. The number of benzene rings is 1. The highest BCUT2D eigenvalue weighted by molar-refractivity contribution is 5.31. The van der Waals surface area contributed by atoms with Gasteiger partial charge in [0, 0.05) is 12.6 Å². The van der Waals surface area contributed by atoms with Crippen LogP contribution < -0.4 is 0 Å². The molecule has 1 aromatic carbocycles. The molecule has 0 radical (unpaired) electrons. The second kappa shape index (κ2) is 16.4. The fourth-order valence-electron chi connectivity index (χ4n) is 2.64. The summed E-state index contributed by atoms with van der Waals surface area (Å²) in [6, 6.07) is 9.35. The Labute approximate surface area is 158 Å². The van der Waals surface area contributed by atoms with Crippen molar-refractivity contribution in [3.05, 3.63) is 48.0 Å². The summed E-state index contributed by atoms with van der Waals surface area (Å²) in [6.07, 6.45) is 12.5. The Kier molecular flexibility index (Phi) is 15.7. The van der Waals surface area contributed by atoms with E-state index in [2.05, 4.69) is 76.4 Å². The molecule has 1 unspecified atom stereocenters. The van der Waals surface area contributed by atoms with Crippen LogP contribution in [0, 0.1) is 0 Å². The van der Waals surface area contributed by atoms with Crippen LogP contribution in [0.25, 0.3) is 0 Å². The lowest BCUT2D eigenvalue weighted by Gasteiger charge is -2.35. The molecule has 0 aromatic heterocycles. The highest BCUT2D eigenvalue weighted by Crippen LogP contribution is 2.24. The molecular formula is C24H43N. The Balaban J connectivity index is 0.000000609. The van der Waals surface area contributed by atoms with Crippen LogP contribution in [0.3, 0.4) is 0 Å². The van der Waals surface area contributed by atoms with Crippen molar-refractivity contribution >= 4 is 0 Å². The van der Waals surface area contributed by atoms with Crippen molar-refractivity contribution in [3.8, 4) is 0 Å². The SMILES string of the molecule is C=CC1Cc2ccccc2CN1CCCCC.CCCC.CCCC. The van der Waals surface area contributed by atoms with Gasteiger partial charge in [0.05, 0.1) is 0 Å². The molecule has 144 valence electrons. The van der Waals surface area contributed by atoms with Crippen molar-refractivity contribution in [1.82, 2.24) is 4.90 Å². The normalized spacial score (nSPS) is 16.0. The first kappa shape index (κ1) is 23.9. The van der Waals surface area contributed by atoms with Crippen LogP contribution in [0.2, 0.25) is 0 Å². The smallest absolute Gasteiger partial charge is 0.0319 e. The summed E-state index contributed by atoms with van der Waals surface area (Å²) in [4.78, 5) is 2.57. The molecule has 0 amide bonds. The fourth-order valence-corrected chi connectivity index (χ4v) is 2.64. The molecule has 1 heterocycles. The van der Waals surface area contributed by atoms with Gasteiger partial charge in [0.15, 0.2) is 0 Å². The summed E-state index contributed by atoms with van der Waals surface area (Å²) in [7, 11) is 0. The van der Waals surface area contributed by atoms with E-state index in [1.807, 2.05) is 0 Å². The molecule has 25 heavy (non-hydrogen) atoms. The molecule has 1 aromatic rings. The molecule has 0 bridgehead atoms. The number of nitrogens with zero attached hydrogens (tertiary/aromatic N) is 1. The quantitative estimate of drug-likeness (QED) is 0.367. The molecule has 0 saturated heterocycles. The lowest BCUT2D eigenvalue weighted by atomic mass is 9.94. The summed E-state index contributed by atoms with van der Waals surface area (Å²) >= 11 is 0. The van der Waals surface area contributed by atoms with Gasteiger partial charge >= 0.3 is 0 Å². The van der Waals surface area contributed by atoms with Crippen LogP contribution in [0.1, 0.15) is 90.7 Å². The van der Waals surface area contributed by atoms with E-state index in [4.69, 9.17) is 0 Å².